The van der Waals surface area contributed by atoms with Gasteiger partial charge in [0.25, 0.3) is 0 Å². The van der Waals surface area contributed by atoms with Gasteiger partial charge in [0.05, 0.1) is 26.2 Å². The lowest BCUT2D eigenvalue weighted by Gasteiger charge is -2.39. The zero-order chi connectivity index (χ0) is 42.7. The minimum absolute atomic E-state index is 0.344. The molecule has 0 bridgehead atoms. The minimum atomic E-state index is 0.344. The molecule has 0 aromatic carbocycles. The fourth-order valence-corrected chi connectivity index (χ4v) is 8.38. The lowest BCUT2D eigenvalue weighted by molar-refractivity contribution is -0.929. The van der Waals surface area contributed by atoms with Crippen LogP contribution in [0.1, 0.15) is 258 Å². The first-order valence-electron chi connectivity index (χ1n) is 26.6. The lowest BCUT2D eigenvalue weighted by atomic mass is 10.0. The van der Waals surface area contributed by atoms with Crippen molar-refractivity contribution < 1.29 is 9.59 Å². The van der Waals surface area contributed by atoms with Gasteiger partial charge in [-0.25, -0.2) is 0 Å². The quantitative estimate of drug-likeness (QED) is 0.0368. The summed E-state index contributed by atoms with van der Waals surface area (Å²) in [5, 5.41) is 9.93. The number of rotatable bonds is 48. The van der Waals surface area contributed by atoms with Crippen molar-refractivity contribution in [2.24, 2.45) is 0 Å². The molecule has 0 aliphatic rings. The number of aliphatic hydroxyl groups excluding tert-OH is 1. The van der Waals surface area contributed by atoms with Crippen LogP contribution in [0.4, 0.5) is 0 Å². The van der Waals surface area contributed by atoms with Crippen LogP contribution in [0.15, 0.2) is 72.9 Å². The predicted molar refractivity (Wildman–Crippen MR) is 270 cm³/mol. The van der Waals surface area contributed by atoms with E-state index in [1.165, 1.54) is 243 Å². The lowest BCUT2D eigenvalue weighted by Crippen LogP contribution is -2.51. The second-order valence-electron chi connectivity index (χ2n) is 18.1. The smallest absolute Gasteiger partial charge is 0.0808 e. The standard InChI is InChI=1S/C57H106NO/c1-4-7-10-13-16-19-22-25-28-31-34-37-40-43-46-49-53-58(56-52-57-59,54-50-47-44-41-38-35-32-29-26-23-20-17-14-11-8-5-2)55-51-48-45-42-39-36-33-30-27-24-21-18-15-12-9-6-3/h16-21,25-30,59H,4-15,22-24,31-57H2,1-3H3/q+1/b19-16-,20-17-,21-18-,28-25-,29-26-,30-27-. The Morgan fingerprint density at radius 3 is 0.729 bits per heavy atom. The summed E-state index contributed by atoms with van der Waals surface area (Å²) in [7, 11) is 0. The van der Waals surface area contributed by atoms with Crippen molar-refractivity contribution in [3.8, 4) is 0 Å². The molecule has 0 saturated carbocycles. The van der Waals surface area contributed by atoms with E-state index in [1.807, 2.05) is 0 Å². The van der Waals surface area contributed by atoms with Gasteiger partial charge in [-0.15, -0.1) is 0 Å². The molecule has 2 heteroatoms. The van der Waals surface area contributed by atoms with Gasteiger partial charge >= 0.3 is 0 Å². The van der Waals surface area contributed by atoms with Gasteiger partial charge in [-0.2, -0.15) is 0 Å². The van der Waals surface area contributed by atoms with E-state index in [1.54, 1.807) is 0 Å². The third-order valence-corrected chi connectivity index (χ3v) is 12.3. The first kappa shape index (κ1) is 57.4. The zero-order valence-electron chi connectivity index (χ0n) is 40.5. The topological polar surface area (TPSA) is 20.2 Å². The van der Waals surface area contributed by atoms with Crippen LogP contribution in [0, 0.1) is 0 Å². The summed E-state index contributed by atoms with van der Waals surface area (Å²) in [4.78, 5) is 0. The molecule has 0 spiro atoms. The van der Waals surface area contributed by atoms with Gasteiger partial charge in [0, 0.05) is 13.0 Å². The van der Waals surface area contributed by atoms with Crippen molar-refractivity contribution in [2.75, 3.05) is 32.8 Å². The molecule has 0 aliphatic carbocycles. The average molecular weight is 821 g/mol. The SMILES string of the molecule is CCCCC/C=C\C/C=C\CCCCCCCC[N+](CCCO)(CCCCCCCC/C=C\C/C=C\CCCCC)CCCCCCCC/C=C\C/C=C\CCCCC. The van der Waals surface area contributed by atoms with Crippen LogP contribution in [0.3, 0.4) is 0 Å². The molecule has 59 heavy (non-hydrogen) atoms. The maximum absolute atomic E-state index is 9.93. The minimum Gasteiger partial charge on any atom is -0.396 e. The van der Waals surface area contributed by atoms with Crippen molar-refractivity contribution in [1.82, 2.24) is 0 Å². The molecule has 2 nitrogen and oxygen atoms in total. The number of nitrogens with zero attached hydrogens (tertiary/aromatic N) is 1. The molecule has 0 fully saturated rings. The summed E-state index contributed by atoms with van der Waals surface area (Å²) in [5.74, 6) is 0. The van der Waals surface area contributed by atoms with Crippen molar-refractivity contribution in [1.29, 1.82) is 0 Å². The summed E-state index contributed by atoms with van der Waals surface area (Å²) in [6, 6.07) is 0. The van der Waals surface area contributed by atoms with E-state index < -0.39 is 0 Å². The van der Waals surface area contributed by atoms with Crippen LogP contribution >= 0.6 is 0 Å². The average Bonchev–Trinajstić information content (AvgIpc) is 3.25. The van der Waals surface area contributed by atoms with Crippen molar-refractivity contribution in [3.63, 3.8) is 0 Å². The molecule has 0 aromatic rings. The number of allylic oxidation sites excluding steroid dienone is 12. The van der Waals surface area contributed by atoms with Crippen LogP contribution in [0.5, 0.6) is 0 Å². The maximum Gasteiger partial charge on any atom is 0.0808 e. The number of aliphatic hydroxyl groups is 1. The Balaban J connectivity index is 4.60. The van der Waals surface area contributed by atoms with Crippen LogP contribution in [0.2, 0.25) is 0 Å². The molecule has 0 radical (unpaired) electrons. The number of unbranched alkanes of at least 4 members (excludes halogenated alkanes) is 27. The van der Waals surface area contributed by atoms with E-state index in [0.717, 1.165) is 25.7 Å². The van der Waals surface area contributed by atoms with Crippen molar-refractivity contribution >= 4 is 0 Å². The number of hydrogen-bond acceptors (Lipinski definition) is 1. The van der Waals surface area contributed by atoms with Crippen molar-refractivity contribution in [3.05, 3.63) is 72.9 Å². The van der Waals surface area contributed by atoms with Crippen molar-refractivity contribution in [2.45, 2.75) is 258 Å². The summed E-state index contributed by atoms with van der Waals surface area (Å²) in [6.07, 6.45) is 77.0. The van der Waals surface area contributed by atoms with Gasteiger partial charge < -0.3 is 9.59 Å². The largest absolute Gasteiger partial charge is 0.396 e. The van der Waals surface area contributed by atoms with Gasteiger partial charge in [0.2, 0.25) is 0 Å². The van der Waals surface area contributed by atoms with Crippen LogP contribution in [-0.4, -0.2) is 42.4 Å². The number of quaternary nitrogens is 1. The highest BCUT2D eigenvalue weighted by atomic mass is 16.3. The molecule has 0 unspecified atom stereocenters. The predicted octanol–water partition coefficient (Wildman–Crippen LogP) is 18.6. The Hall–Kier alpha value is -1.64. The molecular weight excluding hydrogens is 715 g/mol. The first-order chi connectivity index (χ1) is 29.2. The molecule has 0 saturated heterocycles. The molecule has 0 aromatic heterocycles. The van der Waals surface area contributed by atoms with Gasteiger partial charge in [-0.05, 0) is 135 Å². The summed E-state index contributed by atoms with van der Waals surface area (Å²) in [6.45, 7) is 12.3. The molecular formula is C57H106NO+. The molecule has 1 N–H and O–H groups in total. The van der Waals surface area contributed by atoms with Gasteiger partial charge in [0.15, 0.2) is 0 Å². The van der Waals surface area contributed by atoms with E-state index in [4.69, 9.17) is 0 Å². The molecule has 0 atom stereocenters. The number of hydrogen-bond donors (Lipinski definition) is 1. The normalized spacial score (nSPS) is 12.8. The zero-order valence-corrected chi connectivity index (χ0v) is 40.5. The third-order valence-electron chi connectivity index (χ3n) is 12.3. The molecule has 0 rings (SSSR count). The van der Waals surface area contributed by atoms with Gasteiger partial charge in [-0.1, -0.05) is 190 Å². The monoisotopic (exact) mass is 821 g/mol. The Bertz CT molecular complexity index is 852. The highest BCUT2D eigenvalue weighted by Gasteiger charge is 2.25. The molecule has 0 heterocycles. The van der Waals surface area contributed by atoms with Crippen LogP contribution < -0.4 is 0 Å². The maximum atomic E-state index is 9.93. The van der Waals surface area contributed by atoms with E-state index in [2.05, 4.69) is 93.7 Å². The Morgan fingerprint density at radius 1 is 0.254 bits per heavy atom. The molecule has 0 aliphatic heterocycles. The summed E-state index contributed by atoms with van der Waals surface area (Å²) >= 11 is 0. The van der Waals surface area contributed by atoms with E-state index in [0.29, 0.717) is 6.61 Å². The fourth-order valence-electron chi connectivity index (χ4n) is 8.38. The Labute approximate surface area is 372 Å². The second kappa shape index (κ2) is 50.7. The third kappa shape index (κ3) is 45.7. The Morgan fingerprint density at radius 2 is 0.475 bits per heavy atom. The van der Waals surface area contributed by atoms with E-state index in [-0.39, 0.29) is 0 Å². The summed E-state index contributed by atoms with van der Waals surface area (Å²) in [5.41, 5.74) is 0. The highest BCUT2D eigenvalue weighted by Crippen LogP contribution is 2.20. The fraction of sp³-hybridized carbons (Fsp3) is 0.789. The molecule has 344 valence electrons. The molecule has 0 amide bonds. The Kier molecular flexibility index (Phi) is 49.3. The van der Waals surface area contributed by atoms with Gasteiger partial charge in [-0.3, -0.25) is 0 Å². The van der Waals surface area contributed by atoms with Crippen LogP contribution in [0.25, 0.3) is 0 Å². The van der Waals surface area contributed by atoms with Gasteiger partial charge in [0.1, 0.15) is 0 Å². The van der Waals surface area contributed by atoms with Crippen LogP contribution in [-0.2, 0) is 0 Å². The first-order valence-corrected chi connectivity index (χ1v) is 26.6. The van der Waals surface area contributed by atoms with E-state index in [9.17, 15) is 5.11 Å². The summed E-state index contributed by atoms with van der Waals surface area (Å²) < 4.78 is 1.27. The highest BCUT2D eigenvalue weighted by molar-refractivity contribution is 4.94. The van der Waals surface area contributed by atoms with E-state index >= 15 is 0 Å². The second-order valence-corrected chi connectivity index (χ2v) is 18.1.